The van der Waals surface area contributed by atoms with Gasteiger partial charge in [-0.05, 0) is 36.0 Å². The molecular formula is C15H19NO. The Bertz CT molecular complexity index is 401. The van der Waals surface area contributed by atoms with E-state index in [-0.39, 0.29) is 5.91 Å². The molecule has 0 aromatic heterocycles. The van der Waals surface area contributed by atoms with Gasteiger partial charge in [0.25, 0.3) is 0 Å². The second kappa shape index (κ2) is 5.17. The average Bonchev–Trinajstić information content (AvgIpc) is 2.33. The lowest BCUT2D eigenvalue weighted by atomic mass is 9.91. The van der Waals surface area contributed by atoms with Gasteiger partial charge in [-0.2, -0.15) is 0 Å². The van der Waals surface area contributed by atoms with Crippen LogP contribution in [-0.2, 0) is 17.6 Å². The number of amides is 1. The highest BCUT2D eigenvalue weighted by atomic mass is 16.2. The fourth-order valence-corrected chi connectivity index (χ4v) is 2.25. The second-order valence-corrected chi connectivity index (χ2v) is 4.69. The van der Waals surface area contributed by atoms with Crippen molar-refractivity contribution in [1.82, 2.24) is 4.90 Å². The molecule has 0 unspecified atom stereocenters. The number of hydrogen-bond acceptors (Lipinski definition) is 1. The number of carbonyl (C=O) groups is 1. The van der Waals surface area contributed by atoms with E-state index in [2.05, 4.69) is 37.8 Å². The Balaban J connectivity index is 1.83. The zero-order chi connectivity index (χ0) is 12.3. The van der Waals surface area contributed by atoms with Crippen molar-refractivity contribution >= 4 is 5.91 Å². The zero-order valence-corrected chi connectivity index (χ0v) is 10.4. The highest BCUT2D eigenvalue weighted by Gasteiger charge is 2.28. The first kappa shape index (κ1) is 11.9. The van der Waals surface area contributed by atoms with Crippen molar-refractivity contribution < 1.29 is 4.79 Å². The van der Waals surface area contributed by atoms with E-state index in [1.165, 1.54) is 17.2 Å². The molecule has 2 nitrogen and oxygen atoms in total. The lowest BCUT2D eigenvalue weighted by Crippen LogP contribution is -2.50. The van der Waals surface area contributed by atoms with Gasteiger partial charge in [-0.25, -0.2) is 0 Å². The highest BCUT2D eigenvalue weighted by molar-refractivity contribution is 5.87. The van der Waals surface area contributed by atoms with Crippen LogP contribution in [0.5, 0.6) is 0 Å². The molecule has 2 heteroatoms. The quantitative estimate of drug-likeness (QED) is 0.726. The fourth-order valence-electron chi connectivity index (χ4n) is 2.25. The predicted octanol–water partition coefficient (Wildman–Crippen LogP) is 2.44. The topological polar surface area (TPSA) is 20.3 Å². The summed E-state index contributed by atoms with van der Waals surface area (Å²) >= 11 is 0. The molecule has 1 aromatic rings. The number of carbonyl (C=O) groups excluding carboxylic acids is 1. The molecule has 90 valence electrons. The highest BCUT2D eigenvalue weighted by Crippen LogP contribution is 2.20. The SMILES string of the molecule is C=CC(=O)N1CC(Cc2ccc(CC)cc2)C1. The van der Waals surface area contributed by atoms with Crippen molar-refractivity contribution in [1.29, 1.82) is 0 Å². The molecule has 0 aliphatic carbocycles. The van der Waals surface area contributed by atoms with Crippen LogP contribution in [0.2, 0.25) is 0 Å². The van der Waals surface area contributed by atoms with Gasteiger partial charge in [-0.15, -0.1) is 0 Å². The van der Waals surface area contributed by atoms with E-state index in [1.54, 1.807) is 0 Å². The minimum absolute atomic E-state index is 0.0579. The molecule has 1 amide bonds. The Kier molecular flexibility index (Phi) is 3.62. The Morgan fingerprint density at radius 3 is 2.47 bits per heavy atom. The van der Waals surface area contributed by atoms with E-state index in [0.29, 0.717) is 5.92 Å². The van der Waals surface area contributed by atoms with Crippen LogP contribution in [0.15, 0.2) is 36.9 Å². The number of aryl methyl sites for hydroxylation is 1. The number of nitrogens with zero attached hydrogens (tertiary/aromatic N) is 1. The third kappa shape index (κ3) is 2.76. The van der Waals surface area contributed by atoms with Gasteiger partial charge in [0.1, 0.15) is 0 Å². The van der Waals surface area contributed by atoms with Crippen molar-refractivity contribution in [2.45, 2.75) is 19.8 Å². The third-order valence-electron chi connectivity index (χ3n) is 3.40. The van der Waals surface area contributed by atoms with Crippen LogP contribution in [0, 0.1) is 5.92 Å². The molecule has 1 aromatic carbocycles. The van der Waals surface area contributed by atoms with E-state index >= 15 is 0 Å². The molecule has 1 fully saturated rings. The van der Waals surface area contributed by atoms with Gasteiger partial charge >= 0.3 is 0 Å². The largest absolute Gasteiger partial charge is 0.338 e. The van der Waals surface area contributed by atoms with Gasteiger partial charge in [-0.1, -0.05) is 37.8 Å². The summed E-state index contributed by atoms with van der Waals surface area (Å²) < 4.78 is 0. The van der Waals surface area contributed by atoms with Crippen LogP contribution >= 0.6 is 0 Å². The summed E-state index contributed by atoms with van der Waals surface area (Å²) in [4.78, 5) is 13.1. The van der Waals surface area contributed by atoms with Crippen LogP contribution in [0.1, 0.15) is 18.1 Å². The van der Waals surface area contributed by atoms with E-state index in [1.807, 2.05) is 4.90 Å². The maximum Gasteiger partial charge on any atom is 0.245 e. The summed E-state index contributed by atoms with van der Waals surface area (Å²) in [6.07, 6.45) is 3.56. The molecule has 0 atom stereocenters. The summed E-state index contributed by atoms with van der Waals surface area (Å²) in [5.74, 6) is 0.675. The summed E-state index contributed by atoms with van der Waals surface area (Å²) in [6, 6.07) is 8.80. The number of rotatable bonds is 4. The van der Waals surface area contributed by atoms with Gasteiger partial charge in [0.05, 0.1) is 0 Å². The van der Waals surface area contributed by atoms with Crippen LogP contribution in [0.25, 0.3) is 0 Å². The molecule has 1 aliphatic rings. The van der Waals surface area contributed by atoms with Gasteiger partial charge in [0.2, 0.25) is 5.91 Å². The number of hydrogen-bond donors (Lipinski definition) is 0. The monoisotopic (exact) mass is 229 g/mol. The molecule has 2 rings (SSSR count). The Hall–Kier alpha value is -1.57. The maximum absolute atomic E-state index is 11.3. The van der Waals surface area contributed by atoms with Crippen molar-refractivity contribution in [3.8, 4) is 0 Å². The van der Waals surface area contributed by atoms with Crippen LogP contribution in [0.4, 0.5) is 0 Å². The molecule has 0 N–H and O–H groups in total. The molecule has 1 aliphatic heterocycles. The van der Waals surface area contributed by atoms with Crippen LogP contribution in [-0.4, -0.2) is 23.9 Å². The van der Waals surface area contributed by atoms with Gasteiger partial charge in [-0.3, -0.25) is 4.79 Å². The molecular weight excluding hydrogens is 210 g/mol. The van der Waals surface area contributed by atoms with E-state index in [0.717, 1.165) is 25.9 Å². The normalized spacial score (nSPS) is 15.5. The van der Waals surface area contributed by atoms with E-state index in [9.17, 15) is 4.79 Å². The van der Waals surface area contributed by atoms with Crippen molar-refractivity contribution in [3.63, 3.8) is 0 Å². The van der Waals surface area contributed by atoms with Crippen molar-refractivity contribution in [3.05, 3.63) is 48.0 Å². The lowest BCUT2D eigenvalue weighted by Gasteiger charge is -2.38. The van der Waals surface area contributed by atoms with Crippen molar-refractivity contribution in [2.24, 2.45) is 5.92 Å². The lowest BCUT2D eigenvalue weighted by molar-refractivity contribution is -0.132. The van der Waals surface area contributed by atoms with Gasteiger partial charge in [0, 0.05) is 13.1 Å². The molecule has 0 spiro atoms. The van der Waals surface area contributed by atoms with Crippen LogP contribution in [0.3, 0.4) is 0 Å². The first-order chi connectivity index (χ1) is 8.22. The third-order valence-corrected chi connectivity index (χ3v) is 3.40. The molecule has 0 radical (unpaired) electrons. The molecule has 1 saturated heterocycles. The molecule has 0 bridgehead atoms. The Morgan fingerprint density at radius 1 is 1.35 bits per heavy atom. The summed E-state index contributed by atoms with van der Waals surface area (Å²) in [7, 11) is 0. The maximum atomic E-state index is 11.3. The summed E-state index contributed by atoms with van der Waals surface area (Å²) in [5.41, 5.74) is 2.75. The number of likely N-dealkylation sites (tertiary alicyclic amines) is 1. The molecule has 0 saturated carbocycles. The van der Waals surface area contributed by atoms with E-state index < -0.39 is 0 Å². The average molecular weight is 229 g/mol. The van der Waals surface area contributed by atoms with Crippen LogP contribution < -0.4 is 0 Å². The standard InChI is InChI=1S/C15H19NO/c1-3-12-5-7-13(8-6-12)9-14-10-16(11-14)15(17)4-2/h4-8,14H,2-3,9-11H2,1H3. The second-order valence-electron chi connectivity index (χ2n) is 4.69. The smallest absolute Gasteiger partial charge is 0.245 e. The summed E-state index contributed by atoms with van der Waals surface area (Å²) in [5, 5.41) is 0. The zero-order valence-electron chi connectivity index (χ0n) is 10.4. The minimum Gasteiger partial charge on any atom is -0.338 e. The molecule has 17 heavy (non-hydrogen) atoms. The predicted molar refractivity (Wildman–Crippen MR) is 69.8 cm³/mol. The van der Waals surface area contributed by atoms with Gasteiger partial charge < -0.3 is 4.90 Å². The molecule has 1 heterocycles. The number of benzene rings is 1. The van der Waals surface area contributed by atoms with Crippen molar-refractivity contribution in [2.75, 3.05) is 13.1 Å². The fraction of sp³-hybridized carbons (Fsp3) is 0.400. The first-order valence-corrected chi connectivity index (χ1v) is 6.22. The first-order valence-electron chi connectivity index (χ1n) is 6.22. The Morgan fingerprint density at radius 2 is 1.94 bits per heavy atom. The minimum atomic E-state index is 0.0579. The van der Waals surface area contributed by atoms with E-state index in [4.69, 9.17) is 0 Å². The van der Waals surface area contributed by atoms with Gasteiger partial charge in [0.15, 0.2) is 0 Å². The summed E-state index contributed by atoms with van der Waals surface area (Å²) in [6.45, 7) is 7.42. The Labute approximate surface area is 103 Å².